The Bertz CT molecular complexity index is 1340. The van der Waals surface area contributed by atoms with Crippen LogP contribution in [0.5, 0.6) is 0 Å². The summed E-state index contributed by atoms with van der Waals surface area (Å²) in [5.74, 6) is 0.435. The van der Waals surface area contributed by atoms with Crippen molar-refractivity contribution >= 4 is 12.0 Å². The highest BCUT2D eigenvalue weighted by Gasteiger charge is 2.51. The number of allylic oxidation sites excluding steroid dienone is 1. The van der Waals surface area contributed by atoms with Gasteiger partial charge in [-0.1, -0.05) is 103 Å². The molecule has 1 heterocycles. The fraction of sp³-hybridized carbons (Fsp3) is 0.226. The van der Waals surface area contributed by atoms with Gasteiger partial charge in [-0.15, -0.1) is 0 Å². The highest BCUT2D eigenvalue weighted by atomic mass is 16.5. The summed E-state index contributed by atoms with van der Waals surface area (Å²) in [4.78, 5) is 11.6. The van der Waals surface area contributed by atoms with Gasteiger partial charge in [0.25, 0.3) is 0 Å². The minimum Gasteiger partial charge on any atom is -0.481 e. The van der Waals surface area contributed by atoms with E-state index in [9.17, 15) is 9.90 Å². The number of carbonyl (C=O) groups is 1. The van der Waals surface area contributed by atoms with Crippen LogP contribution in [0.25, 0.3) is 28.5 Å². The third kappa shape index (κ3) is 4.69. The van der Waals surface area contributed by atoms with Crippen molar-refractivity contribution in [3.05, 3.63) is 107 Å². The molecule has 5 rings (SSSR count). The van der Waals surface area contributed by atoms with Crippen molar-refractivity contribution in [3.63, 3.8) is 0 Å². The number of carboxylic acids is 1. The number of carboxylic acid groups (broad SMARTS) is 1. The molecule has 1 N–H and O–H groups in total. The topological polar surface area (TPSA) is 63.3 Å². The smallest absolute Gasteiger partial charge is 0.314 e. The lowest BCUT2D eigenvalue weighted by molar-refractivity contribution is -0.140. The van der Waals surface area contributed by atoms with E-state index in [-0.39, 0.29) is 0 Å². The zero-order chi connectivity index (χ0) is 24.4. The molecule has 1 saturated carbocycles. The van der Waals surface area contributed by atoms with Crippen molar-refractivity contribution < 1.29 is 14.4 Å². The monoisotopic (exact) mass is 463 g/mol. The van der Waals surface area contributed by atoms with E-state index in [0.29, 0.717) is 5.92 Å². The Morgan fingerprint density at radius 3 is 2.17 bits per heavy atom. The van der Waals surface area contributed by atoms with Crippen molar-refractivity contribution in [3.8, 4) is 22.5 Å². The summed E-state index contributed by atoms with van der Waals surface area (Å²) in [6, 6.07) is 26.5. The molecule has 35 heavy (non-hydrogen) atoms. The van der Waals surface area contributed by atoms with E-state index in [0.717, 1.165) is 58.5 Å². The largest absolute Gasteiger partial charge is 0.481 e. The van der Waals surface area contributed by atoms with Gasteiger partial charge < -0.3 is 9.63 Å². The first kappa shape index (κ1) is 22.9. The molecule has 4 nitrogen and oxygen atoms in total. The van der Waals surface area contributed by atoms with Crippen LogP contribution in [0.2, 0.25) is 0 Å². The first-order valence-electron chi connectivity index (χ1n) is 12.1. The second-order valence-corrected chi connectivity index (χ2v) is 9.57. The lowest BCUT2D eigenvalue weighted by Gasteiger charge is -2.11. The Balaban J connectivity index is 1.32. The molecule has 176 valence electrons. The van der Waals surface area contributed by atoms with Crippen LogP contribution < -0.4 is 0 Å². The number of aryl methyl sites for hydroxylation is 1. The molecule has 1 aromatic heterocycles. The van der Waals surface area contributed by atoms with E-state index in [1.807, 2.05) is 49.4 Å². The standard InChI is InChI=1S/C31H29NO3/c1-21(8-9-23-6-4-3-5-7-23)20-28-22(2)32-35-29(28)26-12-10-24(11-13-26)25-14-16-27(17-15-25)31(18-19-31)30(33)34/h3-17,21H,18-20H2,1-2H3,(H,33,34)/b9-8+. The van der Waals surface area contributed by atoms with Gasteiger partial charge in [-0.05, 0) is 54.4 Å². The average Bonchev–Trinajstić information content (AvgIpc) is 3.63. The van der Waals surface area contributed by atoms with Gasteiger partial charge >= 0.3 is 5.97 Å². The molecule has 0 amide bonds. The Labute approximate surface area is 205 Å². The molecular weight excluding hydrogens is 434 g/mol. The second-order valence-electron chi connectivity index (χ2n) is 9.57. The van der Waals surface area contributed by atoms with Crippen LogP contribution in [0.4, 0.5) is 0 Å². The highest BCUT2D eigenvalue weighted by Crippen LogP contribution is 2.48. The molecule has 1 aliphatic carbocycles. The zero-order valence-corrected chi connectivity index (χ0v) is 20.1. The number of aliphatic carboxylic acids is 1. The molecular formula is C31H29NO3. The summed E-state index contributed by atoms with van der Waals surface area (Å²) < 4.78 is 5.74. The number of benzene rings is 3. The molecule has 4 heteroatoms. The predicted molar refractivity (Wildman–Crippen MR) is 139 cm³/mol. The van der Waals surface area contributed by atoms with Crippen molar-refractivity contribution in [1.29, 1.82) is 0 Å². The van der Waals surface area contributed by atoms with Gasteiger partial charge in [-0.3, -0.25) is 4.79 Å². The fourth-order valence-corrected chi connectivity index (χ4v) is 4.63. The van der Waals surface area contributed by atoms with E-state index in [1.165, 1.54) is 5.56 Å². The fourth-order valence-electron chi connectivity index (χ4n) is 4.63. The summed E-state index contributed by atoms with van der Waals surface area (Å²) >= 11 is 0. The minimum atomic E-state index is -0.724. The third-order valence-electron chi connectivity index (χ3n) is 7.00. The second kappa shape index (κ2) is 9.38. The summed E-state index contributed by atoms with van der Waals surface area (Å²) in [7, 11) is 0. The van der Waals surface area contributed by atoms with Gasteiger partial charge in [-0.2, -0.15) is 0 Å². The Kier molecular flexibility index (Phi) is 6.12. The average molecular weight is 464 g/mol. The van der Waals surface area contributed by atoms with Gasteiger partial charge in [0.05, 0.1) is 11.1 Å². The number of nitrogens with zero attached hydrogens (tertiary/aromatic N) is 1. The van der Waals surface area contributed by atoms with Crippen LogP contribution in [-0.4, -0.2) is 16.2 Å². The van der Waals surface area contributed by atoms with Crippen LogP contribution in [0.3, 0.4) is 0 Å². The Morgan fingerprint density at radius 1 is 0.971 bits per heavy atom. The molecule has 1 fully saturated rings. The molecule has 0 bridgehead atoms. The molecule has 0 saturated heterocycles. The lowest BCUT2D eigenvalue weighted by atomic mass is 9.93. The summed E-state index contributed by atoms with van der Waals surface area (Å²) in [6.07, 6.45) is 6.68. The predicted octanol–water partition coefficient (Wildman–Crippen LogP) is 7.33. The maximum Gasteiger partial charge on any atom is 0.314 e. The van der Waals surface area contributed by atoms with Crippen molar-refractivity contribution in [2.24, 2.45) is 5.92 Å². The molecule has 1 aliphatic rings. The van der Waals surface area contributed by atoms with Gasteiger partial charge in [0.2, 0.25) is 0 Å². The molecule has 0 spiro atoms. The number of hydrogen-bond acceptors (Lipinski definition) is 3. The number of aromatic nitrogens is 1. The van der Waals surface area contributed by atoms with Crippen LogP contribution in [-0.2, 0) is 16.6 Å². The quantitative estimate of drug-likeness (QED) is 0.297. The molecule has 1 atom stereocenters. The SMILES string of the molecule is Cc1noc(-c2ccc(-c3ccc(C4(C(=O)O)CC4)cc3)cc2)c1CC(C)/C=C/c1ccccc1. The number of hydrogen-bond donors (Lipinski definition) is 1. The van der Waals surface area contributed by atoms with Gasteiger partial charge in [-0.25, -0.2) is 0 Å². The summed E-state index contributed by atoms with van der Waals surface area (Å²) in [5.41, 5.74) is 6.62. The Hall–Kier alpha value is -3.92. The van der Waals surface area contributed by atoms with Crippen LogP contribution >= 0.6 is 0 Å². The van der Waals surface area contributed by atoms with Crippen molar-refractivity contribution in [2.75, 3.05) is 0 Å². The molecule has 1 unspecified atom stereocenters. The minimum absolute atomic E-state index is 0.338. The molecule has 4 aromatic rings. The van der Waals surface area contributed by atoms with E-state index in [4.69, 9.17) is 4.52 Å². The first-order chi connectivity index (χ1) is 17.0. The van der Waals surface area contributed by atoms with Gasteiger partial charge in [0.15, 0.2) is 5.76 Å². The number of rotatable bonds is 8. The normalized spacial score (nSPS) is 15.3. The third-order valence-corrected chi connectivity index (χ3v) is 7.00. The molecule has 3 aromatic carbocycles. The van der Waals surface area contributed by atoms with Crippen LogP contribution in [0, 0.1) is 12.8 Å². The maximum atomic E-state index is 11.6. The van der Waals surface area contributed by atoms with Crippen LogP contribution in [0.1, 0.15) is 42.1 Å². The molecule has 0 radical (unpaired) electrons. The van der Waals surface area contributed by atoms with Gasteiger partial charge in [0.1, 0.15) is 0 Å². The zero-order valence-electron chi connectivity index (χ0n) is 20.1. The lowest BCUT2D eigenvalue weighted by Crippen LogP contribution is -2.19. The van der Waals surface area contributed by atoms with Crippen LogP contribution in [0.15, 0.2) is 89.5 Å². The Morgan fingerprint density at radius 2 is 1.57 bits per heavy atom. The summed E-state index contributed by atoms with van der Waals surface area (Å²) in [6.45, 7) is 4.20. The van der Waals surface area contributed by atoms with Crippen molar-refractivity contribution in [2.45, 2.75) is 38.5 Å². The molecule has 0 aliphatic heterocycles. The highest BCUT2D eigenvalue weighted by molar-refractivity contribution is 5.85. The van der Waals surface area contributed by atoms with E-state index in [2.05, 4.69) is 60.6 Å². The first-order valence-corrected chi connectivity index (χ1v) is 12.1. The van der Waals surface area contributed by atoms with E-state index < -0.39 is 11.4 Å². The van der Waals surface area contributed by atoms with Gasteiger partial charge in [0, 0.05) is 11.1 Å². The van der Waals surface area contributed by atoms with E-state index in [1.54, 1.807) is 0 Å². The van der Waals surface area contributed by atoms with Crippen molar-refractivity contribution in [1.82, 2.24) is 5.16 Å². The van der Waals surface area contributed by atoms with E-state index >= 15 is 0 Å². The maximum absolute atomic E-state index is 11.6. The summed E-state index contributed by atoms with van der Waals surface area (Å²) in [5, 5.41) is 13.8.